The lowest BCUT2D eigenvalue weighted by Gasteiger charge is -2.36. The smallest absolute Gasteiger partial charge is 0.408 e. The van der Waals surface area contributed by atoms with Crippen molar-refractivity contribution in [1.82, 2.24) is 26.4 Å². The summed E-state index contributed by atoms with van der Waals surface area (Å²) >= 11 is 0. The molecule has 1 aromatic carbocycles. The van der Waals surface area contributed by atoms with E-state index in [0.29, 0.717) is 31.7 Å². The lowest BCUT2D eigenvalue weighted by molar-refractivity contribution is -0.143. The van der Waals surface area contributed by atoms with Crippen LogP contribution in [0, 0.1) is 11.8 Å². The molecule has 1 aliphatic heterocycles. The van der Waals surface area contributed by atoms with Crippen LogP contribution in [0.4, 0.5) is 4.79 Å². The van der Waals surface area contributed by atoms with Gasteiger partial charge in [0, 0.05) is 6.54 Å². The Balaban J connectivity index is 2.03. The molecular formula is C31H49N5O6. The van der Waals surface area contributed by atoms with Gasteiger partial charge in [0.1, 0.15) is 36.1 Å². The number of rotatable bonds is 12. The van der Waals surface area contributed by atoms with Gasteiger partial charge in [0.15, 0.2) is 0 Å². The van der Waals surface area contributed by atoms with Gasteiger partial charge in [0.2, 0.25) is 11.8 Å². The van der Waals surface area contributed by atoms with Crippen LogP contribution in [0.15, 0.2) is 36.9 Å². The molecule has 2 rings (SSSR count). The monoisotopic (exact) mass is 587 g/mol. The minimum Gasteiger partial charge on any atom is -0.490 e. The van der Waals surface area contributed by atoms with E-state index in [2.05, 4.69) is 28.0 Å². The van der Waals surface area contributed by atoms with Crippen LogP contribution in [-0.4, -0.2) is 65.7 Å². The summed E-state index contributed by atoms with van der Waals surface area (Å²) < 4.78 is 10.9. The highest BCUT2D eigenvalue weighted by molar-refractivity contribution is 5.91. The van der Waals surface area contributed by atoms with Crippen molar-refractivity contribution >= 4 is 23.8 Å². The summed E-state index contributed by atoms with van der Waals surface area (Å²) in [4.78, 5) is 51.9. The molecule has 1 heterocycles. The summed E-state index contributed by atoms with van der Waals surface area (Å²) in [5.41, 5.74) is 3.25. The summed E-state index contributed by atoms with van der Waals surface area (Å²) in [7, 11) is 0. The van der Waals surface area contributed by atoms with Crippen molar-refractivity contribution in [2.24, 2.45) is 11.8 Å². The third-order valence-corrected chi connectivity index (χ3v) is 6.67. The van der Waals surface area contributed by atoms with E-state index in [9.17, 15) is 19.2 Å². The van der Waals surface area contributed by atoms with Gasteiger partial charge in [0.05, 0.1) is 6.04 Å². The van der Waals surface area contributed by atoms with Crippen LogP contribution in [0.1, 0.15) is 79.8 Å². The lowest BCUT2D eigenvalue weighted by Crippen LogP contribution is -2.62. The number of carbonyl (C=O) groups excluding carboxylic acids is 4. The molecule has 42 heavy (non-hydrogen) atoms. The fourth-order valence-electron chi connectivity index (χ4n) is 4.54. The number of benzene rings is 1. The fourth-order valence-corrected chi connectivity index (χ4v) is 4.54. The zero-order valence-corrected chi connectivity index (χ0v) is 26.3. The van der Waals surface area contributed by atoms with Crippen molar-refractivity contribution in [3.8, 4) is 5.75 Å². The van der Waals surface area contributed by atoms with Crippen LogP contribution in [0.25, 0.3) is 0 Å². The Morgan fingerprint density at radius 1 is 1.07 bits per heavy atom. The summed E-state index contributed by atoms with van der Waals surface area (Å²) in [6.45, 7) is 18.9. The van der Waals surface area contributed by atoms with E-state index in [-0.39, 0.29) is 29.7 Å². The topological polar surface area (TPSA) is 138 Å². The van der Waals surface area contributed by atoms with Gasteiger partial charge < -0.3 is 25.4 Å². The second kappa shape index (κ2) is 15.6. The molecule has 1 aromatic rings. The summed E-state index contributed by atoms with van der Waals surface area (Å²) in [6.07, 6.45) is 2.13. The van der Waals surface area contributed by atoms with Crippen molar-refractivity contribution in [3.63, 3.8) is 0 Å². The minimum absolute atomic E-state index is 0.100. The normalized spacial score (nSPS) is 17.6. The Kier molecular flexibility index (Phi) is 12.8. The predicted octanol–water partition coefficient (Wildman–Crippen LogP) is 3.61. The Hall–Kier alpha value is -3.60. The van der Waals surface area contributed by atoms with Crippen LogP contribution >= 0.6 is 0 Å². The van der Waals surface area contributed by atoms with Gasteiger partial charge >= 0.3 is 6.09 Å². The maximum absolute atomic E-state index is 13.3. The van der Waals surface area contributed by atoms with E-state index in [1.807, 2.05) is 38.1 Å². The third-order valence-electron chi connectivity index (χ3n) is 6.67. The number of nitrogens with zero attached hydrogens (tertiary/aromatic N) is 1. The molecule has 11 nitrogen and oxygen atoms in total. The average molecular weight is 588 g/mol. The summed E-state index contributed by atoms with van der Waals surface area (Å²) in [5.74, 6) is -0.554. The molecular weight excluding hydrogens is 538 g/mol. The molecule has 0 radical (unpaired) electrons. The summed E-state index contributed by atoms with van der Waals surface area (Å²) in [6, 6.07) is 4.93. The first-order chi connectivity index (χ1) is 19.6. The Bertz CT molecular complexity index is 1100. The minimum atomic E-state index is -0.893. The van der Waals surface area contributed by atoms with Crippen molar-refractivity contribution in [1.29, 1.82) is 0 Å². The number of nitrogens with one attached hydrogen (secondary N) is 4. The molecule has 1 saturated heterocycles. The van der Waals surface area contributed by atoms with Crippen molar-refractivity contribution in [2.45, 2.75) is 98.0 Å². The molecule has 1 aliphatic rings. The highest BCUT2D eigenvalue weighted by Gasteiger charge is 2.34. The van der Waals surface area contributed by atoms with Gasteiger partial charge in [0.25, 0.3) is 5.91 Å². The van der Waals surface area contributed by atoms with Gasteiger partial charge in [-0.25, -0.2) is 10.2 Å². The molecule has 1 fully saturated rings. The van der Waals surface area contributed by atoms with E-state index in [0.717, 1.165) is 5.56 Å². The van der Waals surface area contributed by atoms with Crippen LogP contribution in [0.2, 0.25) is 0 Å². The van der Waals surface area contributed by atoms with Crippen LogP contribution in [-0.2, 0) is 19.1 Å². The quantitative estimate of drug-likeness (QED) is 0.274. The Morgan fingerprint density at radius 2 is 1.76 bits per heavy atom. The van der Waals surface area contributed by atoms with E-state index in [1.165, 1.54) is 5.01 Å². The van der Waals surface area contributed by atoms with Crippen LogP contribution in [0.3, 0.4) is 0 Å². The number of amides is 4. The Morgan fingerprint density at radius 3 is 2.36 bits per heavy atom. The van der Waals surface area contributed by atoms with Gasteiger partial charge in [-0.05, 0) is 70.1 Å². The van der Waals surface area contributed by atoms with Crippen LogP contribution in [0.5, 0.6) is 5.75 Å². The lowest BCUT2D eigenvalue weighted by atomic mass is 9.95. The molecule has 0 unspecified atom stereocenters. The maximum Gasteiger partial charge on any atom is 0.408 e. The second-order valence-electron chi connectivity index (χ2n) is 12.3. The standard InChI is InChI=1S/C31H49N5O6/c1-10-17-41-23-14-11-13-22(18-23)25(19(2)3)33-27(37)24-15-12-16-36(35-24)29(39)21(6)32-28(38)26(20(4)5)34-30(40)42-31(7,8)9/h10-11,13-14,18-21,24-26,35H,1,12,15-17H2,2-9H3,(H,32,38)(H,33,37)(H,34,40)/t21-,24-,25+,26-/m0/s1. The number of hydrogen-bond donors (Lipinski definition) is 4. The number of ether oxygens (including phenoxy) is 2. The van der Waals surface area contributed by atoms with Crippen molar-refractivity contribution < 1.29 is 28.7 Å². The SMILES string of the molecule is C=CCOc1cccc([C@H](NC(=O)[C@@H]2CCCN(C(=O)[C@H](C)NC(=O)[C@@H](NC(=O)OC(C)(C)C)C(C)C)N2)C(C)C)c1. The van der Waals surface area contributed by atoms with Gasteiger partial charge in [-0.1, -0.05) is 52.5 Å². The molecule has 0 aromatic heterocycles. The van der Waals surface area contributed by atoms with Crippen molar-refractivity contribution in [3.05, 3.63) is 42.5 Å². The molecule has 4 atom stereocenters. The van der Waals surface area contributed by atoms with Crippen molar-refractivity contribution in [2.75, 3.05) is 13.2 Å². The number of carbonyl (C=O) groups is 4. The molecule has 4 N–H and O–H groups in total. The molecule has 4 amide bonds. The van der Waals surface area contributed by atoms with Gasteiger partial charge in [-0.2, -0.15) is 0 Å². The van der Waals surface area contributed by atoms with E-state index >= 15 is 0 Å². The number of hydrazine groups is 1. The molecule has 0 spiro atoms. The average Bonchev–Trinajstić information content (AvgIpc) is 2.91. The van der Waals surface area contributed by atoms with E-state index < -0.39 is 35.7 Å². The van der Waals surface area contributed by atoms with Crippen LogP contribution < -0.4 is 26.1 Å². The number of hydrogen-bond acceptors (Lipinski definition) is 7. The zero-order chi connectivity index (χ0) is 31.6. The molecule has 0 saturated carbocycles. The molecule has 234 valence electrons. The first-order valence-electron chi connectivity index (χ1n) is 14.6. The molecule has 0 aliphatic carbocycles. The molecule has 0 bridgehead atoms. The van der Waals surface area contributed by atoms with Gasteiger partial charge in [-0.3, -0.25) is 19.4 Å². The second-order valence-corrected chi connectivity index (χ2v) is 12.3. The first kappa shape index (κ1) is 34.6. The molecule has 11 heteroatoms. The highest BCUT2D eigenvalue weighted by Crippen LogP contribution is 2.26. The maximum atomic E-state index is 13.3. The highest BCUT2D eigenvalue weighted by atomic mass is 16.6. The predicted molar refractivity (Wildman–Crippen MR) is 161 cm³/mol. The third kappa shape index (κ3) is 10.7. The first-order valence-corrected chi connectivity index (χ1v) is 14.6. The zero-order valence-electron chi connectivity index (χ0n) is 26.3. The largest absolute Gasteiger partial charge is 0.490 e. The fraction of sp³-hybridized carbons (Fsp3) is 0.613. The number of alkyl carbamates (subject to hydrolysis) is 1. The summed E-state index contributed by atoms with van der Waals surface area (Å²) in [5, 5.41) is 9.81. The Labute approximate surface area is 250 Å². The van der Waals surface area contributed by atoms with E-state index in [1.54, 1.807) is 47.6 Å². The van der Waals surface area contributed by atoms with E-state index in [4.69, 9.17) is 9.47 Å². The van der Waals surface area contributed by atoms with Gasteiger partial charge in [-0.15, -0.1) is 0 Å².